The van der Waals surface area contributed by atoms with Crippen LogP contribution in [-0.2, 0) is 10.4 Å². The summed E-state index contributed by atoms with van der Waals surface area (Å²) in [7, 11) is 4.14. The van der Waals surface area contributed by atoms with Crippen LogP contribution in [-0.4, -0.2) is 36.6 Å². The summed E-state index contributed by atoms with van der Waals surface area (Å²) < 4.78 is 5.58. The Kier molecular flexibility index (Phi) is 5.19. The van der Waals surface area contributed by atoms with Gasteiger partial charge >= 0.3 is 5.97 Å². The molecule has 0 heterocycles. The molecule has 0 saturated heterocycles. The highest BCUT2D eigenvalue weighted by Crippen LogP contribution is 2.54. The molecule has 0 aliphatic heterocycles. The van der Waals surface area contributed by atoms with Crippen LogP contribution in [0.1, 0.15) is 52.0 Å². The molecule has 0 aromatic heterocycles. The van der Waals surface area contributed by atoms with Crippen molar-refractivity contribution >= 4 is 5.97 Å². The summed E-state index contributed by atoms with van der Waals surface area (Å²) in [6, 6.07) is 7.55. The molecule has 1 aromatic carbocycles. The molecule has 2 saturated carbocycles. The Morgan fingerprint density at radius 1 is 1.31 bits per heavy atom. The standard InChI is InChI=1S/C22H33NO3/c1-21(2,3)20(24)26-18-8-6-7-17(12-18)22(25)13-15-9-10-16(11-15)19(22)14-23(4)5/h6-8,12,15-16,19,25H,9-11,13-14H2,1-5H3/t15?,16-,19?,22?/m0/s1. The van der Waals surface area contributed by atoms with E-state index in [1.807, 2.05) is 39.0 Å². The maximum atomic E-state index is 12.2. The van der Waals surface area contributed by atoms with Gasteiger partial charge in [-0.15, -0.1) is 0 Å². The first kappa shape index (κ1) is 19.4. The average molecular weight is 360 g/mol. The zero-order chi connectivity index (χ0) is 19.1. The van der Waals surface area contributed by atoms with Gasteiger partial charge in [-0.05, 0) is 83.7 Å². The number of ether oxygens (including phenoxy) is 1. The van der Waals surface area contributed by atoms with Crippen LogP contribution in [0.5, 0.6) is 5.75 Å². The lowest BCUT2D eigenvalue weighted by Crippen LogP contribution is -2.47. The van der Waals surface area contributed by atoms with Gasteiger partial charge in [0.25, 0.3) is 0 Å². The monoisotopic (exact) mass is 359 g/mol. The van der Waals surface area contributed by atoms with Crippen molar-refractivity contribution in [1.82, 2.24) is 4.90 Å². The predicted octanol–water partition coefficient (Wildman–Crippen LogP) is 3.82. The molecule has 2 aliphatic rings. The molecular formula is C22H33NO3. The molecular weight excluding hydrogens is 326 g/mol. The van der Waals surface area contributed by atoms with Gasteiger partial charge in [0.05, 0.1) is 11.0 Å². The Balaban J connectivity index is 1.90. The van der Waals surface area contributed by atoms with Crippen molar-refractivity contribution in [2.45, 2.75) is 52.1 Å². The van der Waals surface area contributed by atoms with Crippen LogP contribution in [0.2, 0.25) is 0 Å². The summed E-state index contributed by atoms with van der Waals surface area (Å²) in [6.07, 6.45) is 4.47. The number of carbonyl (C=O) groups is 1. The minimum Gasteiger partial charge on any atom is -0.426 e. The molecule has 1 N–H and O–H groups in total. The molecule has 0 spiro atoms. The maximum absolute atomic E-state index is 12.2. The van der Waals surface area contributed by atoms with Gasteiger partial charge in [-0.1, -0.05) is 18.6 Å². The van der Waals surface area contributed by atoms with E-state index < -0.39 is 11.0 Å². The number of rotatable bonds is 4. The average Bonchev–Trinajstić information content (AvgIpc) is 2.94. The second kappa shape index (κ2) is 6.97. The zero-order valence-corrected chi connectivity index (χ0v) is 16.8. The molecule has 2 aliphatic carbocycles. The first-order chi connectivity index (χ1) is 12.1. The molecule has 144 valence electrons. The van der Waals surface area contributed by atoms with E-state index in [1.165, 1.54) is 19.3 Å². The van der Waals surface area contributed by atoms with Crippen molar-refractivity contribution < 1.29 is 14.6 Å². The van der Waals surface area contributed by atoms with Crippen LogP contribution in [0.4, 0.5) is 0 Å². The number of esters is 1. The van der Waals surface area contributed by atoms with E-state index in [0.717, 1.165) is 18.5 Å². The van der Waals surface area contributed by atoms with Crippen molar-refractivity contribution in [3.05, 3.63) is 29.8 Å². The molecule has 2 fully saturated rings. The quantitative estimate of drug-likeness (QED) is 0.656. The summed E-state index contributed by atoms with van der Waals surface area (Å²) >= 11 is 0. The molecule has 4 nitrogen and oxygen atoms in total. The van der Waals surface area contributed by atoms with E-state index in [4.69, 9.17) is 4.74 Å². The largest absolute Gasteiger partial charge is 0.426 e. The molecule has 2 bridgehead atoms. The fraction of sp³-hybridized carbons (Fsp3) is 0.682. The van der Waals surface area contributed by atoms with E-state index in [-0.39, 0.29) is 11.9 Å². The summed E-state index contributed by atoms with van der Waals surface area (Å²) in [5, 5.41) is 11.8. The fourth-order valence-electron chi connectivity index (χ4n) is 4.76. The van der Waals surface area contributed by atoms with E-state index in [1.54, 1.807) is 6.07 Å². The van der Waals surface area contributed by atoms with E-state index in [2.05, 4.69) is 19.0 Å². The smallest absolute Gasteiger partial charge is 0.316 e. The number of nitrogens with zero attached hydrogens (tertiary/aromatic N) is 1. The van der Waals surface area contributed by atoms with Gasteiger partial charge in [-0.3, -0.25) is 4.79 Å². The normalized spacial score (nSPS) is 31.3. The lowest BCUT2D eigenvalue weighted by Gasteiger charge is -2.45. The number of benzene rings is 1. The first-order valence-corrected chi connectivity index (χ1v) is 9.79. The van der Waals surface area contributed by atoms with Crippen LogP contribution in [0, 0.1) is 23.2 Å². The Hall–Kier alpha value is -1.39. The lowest BCUT2D eigenvalue weighted by atomic mass is 9.66. The van der Waals surface area contributed by atoms with Gasteiger partial charge in [0.15, 0.2) is 0 Å². The highest BCUT2D eigenvalue weighted by atomic mass is 16.5. The van der Waals surface area contributed by atoms with E-state index in [9.17, 15) is 9.90 Å². The minimum atomic E-state index is -0.849. The Morgan fingerprint density at radius 3 is 2.69 bits per heavy atom. The number of hydrogen-bond acceptors (Lipinski definition) is 4. The third-order valence-corrected chi connectivity index (χ3v) is 6.08. The maximum Gasteiger partial charge on any atom is 0.316 e. The van der Waals surface area contributed by atoms with Gasteiger partial charge in [0, 0.05) is 12.5 Å². The van der Waals surface area contributed by atoms with Crippen LogP contribution >= 0.6 is 0 Å². The van der Waals surface area contributed by atoms with Gasteiger partial charge < -0.3 is 14.7 Å². The van der Waals surface area contributed by atoms with Gasteiger partial charge in [-0.2, -0.15) is 0 Å². The minimum absolute atomic E-state index is 0.213. The van der Waals surface area contributed by atoms with Crippen LogP contribution < -0.4 is 4.74 Å². The topological polar surface area (TPSA) is 49.8 Å². The zero-order valence-electron chi connectivity index (χ0n) is 16.8. The molecule has 4 atom stereocenters. The van der Waals surface area contributed by atoms with Crippen LogP contribution in [0.3, 0.4) is 0 Å². The van der Waals surface area contributed by atoms with Gasteiger partial charge in [0.2, 0.25) is 0 Å². The van der Waals surface area contributed by atoms with Crippen molar-refractivity contribution in [3.8, 4) is 5.75 Å². The molecule has 1 aromatic rings. The highest BCUT2D eigenvalue weighted by molar-refractivity contribution is 5.77. The number of hydrogen-bond donors (Lipinski definition) is 1. The SMILES string of the molecule is CN(C)CC1[C@H]2CCC(C2)CC1(O)c1cccc(OC(=O)C(C)(C)C)c1. The van der Waals surface area contributed by atoms with Crippen molar-refractivity contribution in [2.24, 2.45) is 23.2 Å². The third kappa shape index (κ3) is 3.81. The third-order valence-electron chi connectivity index (χ3n) is 6.08. The summed E-state index contributed by atoms with van der Waals surface area (Å²) in [4.78, 5) is 14.4. The fourth-order valence-corrected chi connectivity index (χ4v) is 4.76. The first-order valence-electron chi connectivity index (χ1n) is 9.79. The highest BCUT2D eigenvalue weighted by Gasteiger charge is 2.51. The second-order valence-corrected chi connectivity index (χ2v) is 9.60. The summed E-state index contributed by atoms with van der Waals surface area (Å²) in [6.45, 7) is 6.41. The molecule has 0 amide bonds. The Bertz CT molecular complexity index is 664. The molecule has 26 heavy (non-hydrogen) atoms. The van der Waals surface area contributed by atoms with Crippen molar-refractivity contribution in [3.63, 3.8) is 0 Å². The van der Waals surface area contributed by atoms with Crippen molar-refractivity contribution in [1.29, 1.82) is 0 Å². The van der Waals surface area contributed by atoms with Gasteiger partial charge in [0.1, 0.15) is 5.75 Å². The molecule has 3 rings (SSSR count). The Labute approximate surface area is 157 Å². The van der Waals surface area contributed by atoms with Crippen molar-refractivity contribution in [2.75, 3.05) is 20.6 Å². The number of aliphatic hydroxyl groups is 1. The predicted molar refractivity (Wildman–Crippen MR) is 103 cm³/mol. The Morgan fingerprint density at radius 2 is 2.04 bits per heavy atom. The lowest BCUT2D eigenvalue weighted by molar-refractivity contribution is -0.143. The number of fused-ring (bicyclic) bond motifs is 2. The van der Waals surface area contributed by atoms with Crippen LogP contribution in [0.15, 0.2) is 24.3 Å². The van der Waals surface area contributed by atoms with E-state index >= 15 is 0 Å². The molecule has 0 radical (unpaired) electrons. The summed E-state index contributed by atoms with van der Waals surface area (Å²) in [5.41, 5.74) is -0.511. The van der Waals surface area contributed by atoms with E-state index in [0.29, 0.717) is 17.6 Å². The summed E-state index contributed by atoms with van der Waals surface area (Å²) in [5.74, 6) is 1.66. The van der Waals surface area contributed by atoms with Crippen LogP contribution in [0.25, 0.3) is 0 Å². The second-order valence-electron chi connectivity index (χ2n) is 9.60. The molecule has 3 unspecified atom stereocenters. The van der Waals surface area contributed by atoms with Gasteiger partial charge in [-0.25, -0.2) is 0 Å². The molecule has 4 heteroatoms. The number of carbonyl (C=O) groups excluding carboxylic acids is 1.